The van der Waals surface area contributed by atoms with Gasteiger partial charge in [-0.15, -0.1) is 0 Å². The van der Waals surface area contributed by atoms with Crippen LogP contribution in [0.15, 0.2) is 24.3 Å². The second-order valence-corrected chi connectivity index (χ2v) is 7.35. The summed E-state index contributed by atoms with van der Waals surface area (Å²) in [6, 6.07) is 7.38. The quantitative estimate of drug-likeness (QED) is 0.652. The number of rotatable bonds is 4. The van der Waals surface area contributed by atoms with Gasteiger partial charge in [0.15, 0.2) is 5.78 Å². The van der Waals surface area contributed by atoms with Crippen molar-refractivity contribution in [2.24, 2.45) is 11.8 Å². The van der Waals surface area contributed by atoms with Crippen molar-refractivity contribution < 1.29 is 29.0 Å². The number of aliphatic hydroxyl groups is 1. The van der Waals surface area contributed by atoms with Gasteiger partial charge in [-0.25, -0.2) is 0 Å². The molecule has 1 fully saturated rings. The van der Waals surface area contributed by atoms with Crippen LogP contribution in [0.5, 0.6) is 0 Å². The van der Waals surface area contributed by atoms with Gasteiger partial charge in [0.2, 0.25) is 0 Å². The molecule has 1 N–H and O–H groups in total. The summed E-state index contributed by atoms with van der Waals surface area (Å²) >= 11 is 0. The van der Waals surface area contributed by atoms with E-state index in [2.05, 4.69) is 13.8 Å². The number of Topliss-reactive ketones (excluding diaryl/α,β-unsaturated/α-hetero) is 1. The lowest BCUT2D eigenvalue weighted by Crippen LogP contribution is -2.55. The van der Waals surface area contributed by atoms with Crippen LogP contribution in [0, 0.1) is 11.8 Å². The molecule has 0 bridgehead atoms. The number of carbonyl (C=O) groups is 3. The highest BCUT2D eigenvalue weighted by Gasteiger charge is 2.56. The van der Waals surface area contributed by atoms with Crippen LogP contribution in [0.1, 0.15) is 50.2 Å². The Labute approximate surface area is 153 Å². The molecule has 1 aliphatic rings. The van der Waals surface area contributed by atoms with E-state index in [0.29, 0.717) is 11.5 Å². The van der Waals surface area contributed by atoms with Gasteiger partial charge in [0.05, 0.1) is 25.7 Å². The molecule has 4 atom stereocenters. The summed E-state index contributed by atoms with van der Waals surface area (Å²) in [4.78, 5) is 37.4. The van der Waals surface area contributed by atoms with Crippen molar-refractivity contribution in [2.75, 3.05) is 14.2 Å². The highest BCUT2D eigenvalue weighted by molar-refractivity contribution is 6.02. The largest absolute Gasteiger partial charge is 0.469 e. The number of hydrogen-bond acceptors (Lipinski definition) is 6. The van der Waals surface area contributed by atoms with E-state index in [4.69, 9.17) is 9.47 Å². The number of methoxy groups -OCH3 is 2. The van der Waals surface area contributed by atoms with Crippen molar-refractivity contribution >= 4 is 17.7 Å². The molecule has 0 heterocycles. The molecule has 2 rings (SSSR count). The Bertz CT molecular complexity index is 689. The second kappa shape index (κ2) is 7.58. The molecule has 0 aromatic heterocycles. The summed E-state index contributed by atoms with van der Waals surface area (Å²) in [5.74, 6) is -4.57. The highest BCUT2D eigenvalue weighted by atomic mass is 16.5. The maximum absolute atomic E-state index is 12.6. The second-order valence-electron chi connectivity index (χ2n) is 7.35. The first-order valence-corrected chi connectivity index (χ1v) is 8.64. The lowest BCUT2D eigenvalue weighted by molar-refractivity contribution is -0.170. The van der Waals surface area contributed by atoms with Crippen LogP contribution in [-0.4, -0.2) is 42.6 Å². The van der Waals surface area contributed by atoms with Crippen LogP contribution in [0.25, 0.3) is 0 Å². The van der Waals surface area contributed by atoms with E-state index >= 15 is 0 Å². The number of carbonyl (C=O) groups excluding carboxylic acids is 3. The van der Waals surface area contributed by atoms with Crippen LogP contribution >= 0.6 is 0 Å². The molecule has 1 aromatic rings. The topological polar surface area (TPSA) is 89.9 Å². The lowest BCUT2D eigenvalue weighted by Gasteiger charge is -2.43. The molecule has 0 saturated heterocycles. The van der Waals surface area contributed by atoms with Crippen molar-refractivity contribution in [1.29, 1.82) is 0 Å². The lowest BCUT2D eigenvalue weighted by atomic mass is 9.61. The van der Waals surface area contributed by atoms with Crippen molar-refractivity contribution in [3.8, 4) is 0 Å². The molecule has 142 valence electrons. The number of hydrogen-bond donors (Lipinski definition) is 1. The minimum absolute atomic E-state index is 0.312. The Kier molecular flexibility index (Phi) is 5.86. The predicted molar refractivity (Wildman–Crippen MR) is 94.5 cm³/mol. The third-order valence-electron chi connectivity index (χ3n) is 5.17. The van der Waals surface area contributed by atoms with Crippen LogP contribution in [0.2, 0.25) is 0 Å². The van der Waals surface area contributed by atoms with Crippen LogP contribution in [0.4, 0.5) is 0 Å². The summed E-state index contributed by atoms with van der Waals surface area (Å²) in [6.07, 6.45) is -0.312. The van der Waals surface area contributed by atoms with E-state index in [0.717, 1.165) is 5.56 Å². The van der Waals surface area contributed by atoms with Crippen molar-refractivity contribution in [1.82, 2.24) is 0 Å². The summed E-state index contributed by atoms with van der Waals surface area (Å²) in [5, 5.41) is 10.8. The smallest absolute Gasteiger partial charge is 0.316 e. The molecular weight excluding hydrogens is 336 g/mol. The van der Waals surface area contributed by atoms with Crippen molar-refractivity contribution in [2.45, 2.75) is 44.6 Å². The van der Waals surface area contributed by atoms with Crippen LogP contribution < -0.4 is 0 Å². The summed E-state index contributed by atoms with van der Waals surface area (Å²) in [7, 11) is 2.43. The maximum Gasteiger partial charge on any atom is 0.316 e. The average molecular weight is 362 g/mol. The Morgan fingerprint density at radius 1 is 1.12 bits per heavy atom. The first-order valence-electron chi connectivity index (χ1n) is 8.64. The van der Waals surface area contributed by atoms with E-state index in [-0.39, 0.29) is 6.42 Å². The minimum atomic E-state index is -1.61. The van der Waals surface area contributed by atoms with Gasteiger partial charge in [-0.3, -0.25) is 14.4 Å². The highest BCUT2D eigenvalue weighted by Crippen LogP contribution is 2.46. The Morgan fingerprint density at radius 2 is 1.65 bits per heavy atom. The number of ether oxygens (including phenoxy) is 2. The zero-order valence-corrected chi connectivity index (χ0v) is 15.8. The SMILES string of the molecule is COC(=O)[C@H]1C(=O)C[C@@](C)(O)[C@H](C(=O)OC)[C@H]1c1ccc(C(C)C)cc1. The van der Waals surface area contributed by atoms with Gasteiger partial charge in [0, 0.05) is 12.3 Å². The normalized spacial score (nSPS) is 28.7. The fourth-order valence-corrected chi connectivity index (χ4v) is 3.77. The Hall–Kier alpha value is -2.21. The van der Waals surface area contributed by atoms with Gasteiger partial charge in [-0.2, -0.15) is 0 Å². The molecule has 0 unspecified atom stereocenters. The molecule has 0 amide bonds. The zero-order chi connectivity index (χ0) is 19.6. The van der Waals surface area contributed by atoms with Crippen molar-refractivity contribution in [3.63, 3.8) is 0 Å². The van der Waals surface area contributed by atoms with Gasteiger partial charge in [-0.05, 0) is 24.0 Å². The maximum atomic E-state index is 12.6. The number of benzene rings is 1. The fourth-order valence-electron chi connectivity index (χ4n) is 3.77. The third kappa shape index (κ3) is 3.65. The molecule has 26 heavy (non-hydrogen) atoms. The summed E-state index contributed by atoms with van der Waals surface area (Å²) in [6.45, 7) is 5.53. The molecule has 0 aliphatic heterocycles. The first-order chi connectivity index (χ1) is 12.1. The minimum Gasteiger partial charge on any atom is -0.469 e. The van der Waals surface area contributed by atoms with Crippen LogP contribution in [-0.2, 0) is 23.9 Å². The van der Waals surface area contributed by atoms with E-state index in [1.54, 1.807) is 12.1 Å². The molecule has 1 aromatic carbocycles. The standard InChI is InChI=1S/C20H26O6/c1-11(2)12-6-8-13(9-7-12)15-16(18(22)25-4)14(21)10-20(3,24)17(15)19(23)26-5/h6-9,11,15-17,24H,10H2,1-5H3/t15-,16-,17-,20+/m0/s1. The molecule has 0 spiro atoms. The van der Waals surface area contributed by atoms with Gasteiger partial charge in [0.1, 0.15) is 5.92 Å². The van der Waals surface area contributed by atoms with E-state index in [9.17, 15) is 19.5 Å². The van der Waals surface area contributed by atoms with E-state index in [1.165, 1.54) is 21.1 Å². The van der Waals surface area contributed by atoms with Gasteiger partial charge in [0.25, 0.3) is 0 Å². The third-order valence-corrected chi connectivity index (χ3v) is 5.17. The average Bonchev–Trinajstić information content (AvgIpc) is 2.59. The fraction of sp³-hybridized carbons (Fsp3) is 0.550. The summed E-state index contributed by atoms with van der Waals surface area (Å²) in [5.41, 5.74) is 0.0937. The molecular formula is C20H26O6. The molecule has 1 saturated carbocycles. The summed E-state index contributed by atoms with van der Waals surface area (Å²) < 4.78 is 9.68. The number of ketones is 1. The monoisotopic (exact) mass is 362 g/mol. The van der Waals surface area contributed by atoms with E-state index in [1.807, 2.05) is 12.1 Å². The predicted octanol–water partition coefficient (Wildman–Crippen LogP) is 2.20. The van der Waals surface area contributed by atoms with E-state index < -0.39 is 41.1 Å². The molecule has 0 radical (unpaired) electrons. The molecule has 6 nitrogen and oxygen atoms in total. The number of esters is 2. The van der Waals surface area contributed by atoms with Gasteiger partial charge >= 0.3 is 11.9 Å². The first kappa shape index (κ1) is 20.1. The van der Waals surface area contributed by atoms with Gasteiger partial charge in [-0.1, -0.05) is 38.1 Å². The van der Waals surface area contributed by atoms with Gasteiger partial charge < -0.3 is 14.6 Å². The Morgan fingerprint density at radius 3 is 2.12 bits per heavy atom. The van der Waals surface area contributed by atoms with Crippen LogP contribution in [0.3, 0.4) is 0 Å². The zero-order valence-electron chi connectivity index (χ0n) is 15.8. The molecule has 1 aliphatic carbocycles. The molecule has 6 heteroatoms. The Balaban J connectivity index is 2.61. The van der Waals surface area contributed by atoms with Crippen molar-refractivity contribution in [3.05, 3.63) is 35.4 Å².